The first-order chi connectivity index (χ1) is 11.9. The van der Waals surface area contributed by atoms with Crippen LogP contribution in [0.1, 0.15) is 51.0 Å². The molecule has 0 bridgehead atoms. The van der Waals surface area contributed by atoms with Crippen molar-refractivity contribution in [1.82, 2.24) is 5.32 Å². The molecule has 1 saturated carbocycles. The van der Waals surface area contributed by atoms with Crippen LogP contribution in [0.4, 0.5) is 11.4 Å². The second kappa shape index (κ2) is 9.20. The molecule has 2 rings (SSSR count). The quantitative estimate of drug-likeness (QED) is 0.741. The van der Waals surface area contributed by atoms with Crippen LogP contribution in [0.15, 0.2) is 18.2 Å². The third-order valence-electron chi connectivity index (χ3n) is 4.40. The number of amides is 3. The maximum Gasteiger partial charge on any atom is 0.243 e. The molecule has 0 spiro atoms. The van der Waals surface area contributed by atoms with E-state index in [2.05, 4.69) is 16.0 Å². The van der Waals surface area contributed by atoms with E-state index in [1.165, 1.54) is 26.2 Å². The summed E-state index contributed by atoms with van der Waals surface area (Å²) in [6, 6.07) is 5.38. The number of nitrogens with one attached hydrogen (secondary N) is 3. The fourth-order valence-corrected chi connectivity index (χ4v) is 3.16. The maximum absolute atomic E-state index is 12.1. The van der Waals surface area contributed by atoms with Gasteiger partial charge in [0.05, 0.1) is 17.9 Å². The molecule has 0 heterocycles. The Morgan fingerprint density at radius 2 is 1.72 bits per heavy atom. The van der Waals surface area contributed by atoms with Gasteiger partial charge in [-0.05, 0) is 43.4 Å². The van der Waals surface area contributed by atoms with Gasteiger partial charge < -0.3 is 16.0 Å². The Kier molecular flexibility index (Phi) is 6.98. The van der Waals surface area contributed by atoms with E-state index in [1.54, 1.807) is 12.1 Å². The summed E-state index contributed by atoms with van der Waals surface area (Å²) in [5, 5.41) is 8.12. The molecule has 3 N–H and O–H groups in total. The first-order valence-electron chi connectivity index (χ1n) is 8.89. The Bertz CT molecular complexity index is 637. The lowest BCUT2D eigenvalue weighted by molar-refractivity contribution is -0.125. The van der Waals surface area contributed by atoms with E-state index in [0.29, 0.717) is 23.7 Å². The number of rotatable bonds is 6. The van der Waals surface area contributed by atoms with Crippen molar-refractivity contribution in [2.75, 3.05) is 17.2 Å². The number of anilines is 2. The van der Waals surface area contributed by atoms with E-state index < -0.39 is 0 Å². The number of carbonyl (C=O) groups is 3. The second-order valence-electron chi connectivity index (χ2n) is 6.76. The molecule has 0 saturated heterocycles. The third kappa shape index (κ3) is 6.57. The number of carbonyl (C=O) groups excluding carboxylic acids is 3. The predicted molar refractivity (Wildman–Crippen MR) is 98.3 cm³/mol. The summed E-state index contributed by atoms with van der Waals surface area (Å²) in [5.41, 5.74) is 2.03. The van der Waals surface area contributed by atoms with Gasteiger partial charge in [-0.2, -0.15) is 0 Å². The van der Waals surface area contributed by atoms with Crippen molar-refractivity contribution in [3.8, 4) is 0 Å². The van der Waals surface area contributed by atoms with Crippen LogP contribution in [0, 0.1) is 12.8 Å². The van der Waals surface area contributed by atoms with Crippen LogP contribution in [0.25, 0.3) is 0 Å². The number of hydrogen-bond donors (Lipinski definition) is 3. The summed E-state index contributed by atoms with van der Waals surface area (Å²) in [5.74, 6) is -0.150. The van der Waals surface area contributed by atoms with Gasteiger partial charge in [-0.3, -0.25) is 14.4 Å². The number of aryl methyl sites for hydroxylation is 1. The molecule has 0 aromatic heterocycles. The van der Waals surface area contributed by atoms with Crippen molar-refractivity contribution in [2.24, 2.45) is 5.92 Å². The Labute approximate surface area is 148 Å². The summed E-state index contributed by atoms with van der Waals surface area (Å²) < 4.78 is 0. The van der Waals surface area contributed by atoms with E-state index in [-0.39, 0.29) is 24.3 Å². The Hall–Kier alpha value is -2.37. The highest BCUT2D eigenvalue weighted by atomic mass is 16.2. The molecule has 1 aliphatic rings. The van der Waals surface area contributed by atoms with Gasteiger partial charge in [-0.25, -0.2) is 0 Å². The average Bonchev–Trinajstić information content (AvgIpc) is 2.56. The van der Waals surface area contributed by atoms with E-state index in [9.17, 15) is 14.4 Å². The molecule has 0 unspecified atom stereocenters. The summed E-state index contributed by atoms with van der Waals surface area (Å²) in [6.45, 7) is 3.25. The van der Waals surface area contributed by atoms with Crippen LogP contribution in [-0.2, 0) is 14.4 Å². The SMILES string of the molecule is CC(=O)Nc1ccc(C)cc1NC(=O)CNC(=O)CC1CCCCC1. The average molecular weight is 345 g/mol. The summed E-state index contributed by atoms with van der Waals surface area (Å²) in [4.78, 5) is 35.4. The summed E-state index contributed by atoms with van der Waals surface area (Å²) in [6.07, 6.45) is 6.34. The van der Waals surface area contributed by atoms with Crippen LogP contribution in [0.3, 0.4) is 0 Å². The molecule has 1 fully saturated rings. The Balaban J connectivity index is 1.84. The maximum atomic E-state index is 12.1. The van der Waals surface area contributed by atoms with Crippen LogP contribution >= 0.6 is 0 Å². The normalized spacial score (nSPS) is 14.6. The van der Waals surface area contributed by atoms with Crippen molar-refractivity contribution >= 4 is 29.1 Å². The monoisotopic (exact) mass is 345 g/mol. The largest absolute Gasteiger partial charge is 0.347 e. The second-order valence-corrected chi connectivity index (χ2v) is 6.76. The van der Waals surface area contributed by atoms with Gasteiger partial charge in [0.15, 0.2) is 0 Å². The molecule has 136 valence electrons. The molecular weight excluding hydrogens is 318 g/mol. The third-order valence-corrected chi connectivity index (χ3v) is 4.40. The van der Waals surface area contributed by atoms with E-state index >= 15 is 0 Å². The van der Waals surface area contributed by atoms with E-state index in [0.717, 1.165) is 18.4 Å². The molecule has 6 nitrogen and oxygen atoms in total. The Morgan fingerprint density at radius 3 is 2.40 bits per heavy atom. The first kappa shape index (κ1) is 19.0. The lowest BCUT2D eigenvalue weighted by atomic mass is 9.87. The van der Waals surface area contributed by atoms with Gasteiger partial charge in [-0.1, -0.05) is 25.3 Å². The minimum atomic E-state index is -0.311. The Morgan fingerprint density at radius 1 is 1.00 bits per heavy atom. The molecule has 25 heavy (non-hydrogen) atoms. The highest BCUT2D eigenvalue weighted by Crippen LogP contribution is 2.26. The standard InChI is InChI=1S/C19H27N3O3/c1-13-8-9-16(21-14(2)23)17(10-13)22-19(25)12-20-18(24)11-15-6-4-3-5-7-15/h8-10,15H,3-7,11-12H2,1-2H3,(H,20,24)(H,21,23)(H,22,25). The number of hydrogen-bond acceptors (Lipinski definition) is 3. The van der Waals surface area contributed by atoms with Crippen molar-refractivity contribution in [3.63, 3.8) is 0 Å². The first-order valence-corrected chi connectivity index (χ1v) is 8.89. The zero-order valence-corrected chi connectivity index (χ0v) is 15.0. The summed E-state index contributed by atoms with van der Waals surface area (Å²) in [7, 11) is 0. The highest BCUT2D eigenvalue weighted by Gasteiger charge is 2.17. The molecule has 1 aromatic carbocycles. The van der Waals surface area contributed by atoms with Crippen LogP contribution in [0.5, 0.6) is 0 Å². The van der Waals surface area contributed by atoms with Gasteiger partial charge in [0.1, 0.15) is 0 Å². The zero-order chi connectivity index (χ0) is 18.2. The molecule has 0 aliphatic heterocycles. The van der Waals surface area contributed by atoms with Gasteiger partial charge >= 0.3 is 0 Å². The molecule has 6 heteroatoms. The van der Waals surface area contributed by atoms with Crippen molar-refractivity contribution < 1.29 is 14.4 Å². The minimum Gasteiger partial charge on any atom is -0.347 e. The van der Waals surface area contributed by atoms with Gasteiger partial charge in [0, 0.05) is 13.3 Å². The highest BCUT2D eigenvalue weighted by molar-refractivity contribution is 6.00. The zero-order valence-electron chi connectivity index (χ0n) is 15.0. The van der Waals surface area contributed by atoms with Gasteiger partial charge in [0.25, 0.3) is 0 Å². The topological polar surface area (TPSA) is 87.3 Å². The molecule has 1 aromatic rings. The van der Waals surface area contributed by atoms with E-state index in [1.807, 2.05) is 13.0 Å². The fraction of sp³-hybridized carbons (Fsp3) is 0.526. The molecule has 0 radical (unpaired) electrons. The van der Waals surface area contributed by atoms with Crippen molar-refractivity contribution in [2.45, 2.75) is 52.4 Å². The minimum absolute atomic E-state index is 0.0704. The lowest BCUT2D eigenvalue weighted by Gasteiger charge is -2.20. The molecule has 0 atom stereocenters. The molecule has 3 amide bonds. The van der Waals surface area contributed by atoms with Crippen molar-refractivity contribution in [3.05, 3.63) is 23.8 Å². The van der Waals surface area contributed by atoms with Crippen LogP contribution in [0.2, 0.25) is 0 Å². The van der Waals surface area contributed by atoms with Crippen molar-refractivity contribution in [1.29, 1.82) is 0 Å². The lowest BCUT2D eigenvalue weighted by Crippen LogP contribution is -2.34. The summed E-state index contributed by atoms with van der Waals surface area (Å²) >= 11 is 0. The molecule has 1 aliphatic carbocycles. The molecular formula is C19H27N3O3. The van der Waals surface area contributed by atoms with Gasteiger partial charge in [-0.15, -0.1) is 0 Å². The van der Waals surface area contributed by atoms with Crippen LogP contribution in [-0.4, -0.2) is 24.3 Å². The van der Waals surface area contributed by atoms with Crippen LogP contribution < -0.4 is 16.0 Å². The van der Waals surface area contributed by atoms with E-state index in [4.69, 9.17) is 0 Å². The van der Waals surface area contributed by atoms with Gasteiger partial charge in [0.2, 0.25) is 17.7 Å². The number of benzene rings is 1. The fourth-order valence-electron chi connectivity index (χ4n) is 3.16. The smallest absolute Gasteiger partial charge is 0.243 e. The predicted octanol–water partition coefficient (Wildman–Crippen LogP) is 2.98.